The minimum atomic E-state index is -1.05. The van der Waals surface area contributed by atoms with Gasteiger partial charge in [0, 0.05) is 18.7 Å². The van der Waals surface area contributed by atoms with Gasteiger partial charge in [0.1, 0.15) is 11.5 Å². The molecule has 1 heterocycles. The van der Waals surface area contributed by atoms with Gasteiger partial charge in [-0.15, -0.1) is 0 Å². The second-order valence-corrected chi connectivity index (χ2v) is 5.11. The fraction of sp³-hybridized carbons (Fsp3) is 0.0556. The third-order valence-electron chi connectivity index (χ3n) is 3.43. The normalized spacial score (nSPS) is 10.4. The smallest absolute Gasteiger partial charge is 0.335 e. The molecule has 0 aliphatic rings. The molecule has 3 rings (SSSR count). The lowest BCUT2D eigenvalue weighted by molar-refractivity contribution is 0.0697. The van der Waals surface area contributed by atoms with E-state index in [-0.39, 0.29) is 11.1 Å². The van der Waals surface area contributed by atoms with Crippen LogP contribution in [0.4, 0.5) is 0 Å². The Hall–Kier alpha value is -3.41. The molecule has 0 aliphatic heterocycles. The fourth-order valence-corrected chi connectivity index (χ4v) is 2.21. The van der Waals surface area contributed by atoms with Crippen LogP contribution in [0.25, 0.3) is 11.3 Å². The zero-order valence-electron chi connectivity index (χ0n) is 12.8. The van der Waals surface area contributed by atoms with E-state index in [1.165, 1.54) is 29.9 Å². The lowest BCUT2D eigenvalue weighted by atomic mass is 10.1. The van der Waals surface area contributed by atoms with Crippen molar-refractivity contribution < 1.29 is 14.6 Å². The fourth-order valence-electron chi connectivity index (χ4n) is 2.21. The lowest BCUT2D eigenvalue weighted by Gasteiger charge is -2.12. The minimum absolute atomic E-state index is 0.112. The Morgan fingerprint density at radius 1 is 1.08 bits per heavy atom. The Morgan fingerprint density at radius 2 is 1.83 bits per heavy atom. The molecule has 0 unspecified atom stereocenters. The summed E-state index contributed by atoms with van der Waals surface area (Å²) in [6.45, 7) is 0. The highest BCUT2D eigenvalue weighted by Crippen LogP contribution is 2.33. The Bertz CT molecular complexity index is 949. The molecule has 24 heavy (non-hydrogen) atoms. The Labute approximate surface area is 137 Å². The summed E-state index contributed by atoms with van der Waals surface area (Å²) in [6.07, 6.45) is 0. The molecule has 6 heteroatoms. The Kier molecular flexibility index (Phi) is 4.11. The van der Waals surface area contributed by atoms with Crippen molar-refractivity contribution in [2.24, 2.45) is 7.05 Å². The summed E-state index contributed by atoms with van der Waals surface area (Å²) in [5, 5.41) is 13.4. The Balaban J connectivity index is 2.12. The van der Waals surface area contributed by atoms with Crippen LogP contribution in [0.3, 0.4) is 0 Å². The number of carboxylic acid groups (broad SMARTS) is 1. The molecule has 2 aromatic carbocycles. The largest absolute Gasteiger partial charge is 0.478 e. The highest BCUT2D eigenvalue weighted by molar-refractivity contribution is 5.90. The van der Waals surface area contributed by atoms with E-state index < -0.39 is 5.97 Å². The number of ether oxygens (including phenoxy) is 1. The number of carbonyl (C=O) groups is 1. The number of benzene rings is 2. The molecular weight excluding hydrogens is 308 g/mol. The number of hydrogen-bond donors (Lipinski definition) is 1. The van der Waals surface area contributed by atoms with Gasteiger partial charge in [0.05, 0.1) is 11.3 Å². The van der Waals surface area contributed by atoms with Gasteiger partial charge in [0.2, 0.25) is 0 Å². The van der Waals surface area contributed by atoms with E-state index in [1.807, 2.05) is 18.2 Å². The second kappa shape index (κ2) is 6.37. The summed E-state index contributed by atoms with van der Waals surface area (Å²) >= 11 is 0. The van der Waals surface area contributed by atoms with Gasteiger partial charge in [0.15, 0.2) is 0 Å². The standard InChI is InChI=1S/C18H14N2O4/c1-20-17(21)10-8-15(19-20)14-11-12(18(22)23)7-9-16(14)24-13-5-3-2-4-6-13/h2-11H,1H3,(H,22,23). The summed E-state index contributed by atoms with van der Waals surface area (Å²) in [6, 6.07) is 16.6. The van der Waals surface area contributed by atoms with Crippen molar-refractivity contribution >= 4 is 5.97 Å². The number of carboxylic acids is 1. The molecule has 1 N–H and O–H groups in total. The van der Waals surface area contributed by atoms with Crippen molar-refractivity contribution in [1.82, 2.24) is 9.78 Å². The topological polar surface area (TPSA) is 81.4 Å². The number of aryl methyl sites for hydroxylation is 1. The first-order valence-corrected chi connectivity index (χ1v) is 7.19. The van der Waals surface area contributed by atoms with E-state index in [9.17, 15) is 14.7 Å². The summed E-state index contributed by atoms with van der Waals surface area (Å²) in [5.41, 5.74) is 0.806. The third kappa shape index (κ3) is 3.17. The van der Waals surface area contributed by atoms with Crippen molar-refractivity contribution in [2.75, 3.05) is 0 Å². The maximum atomic E-state index is 11.5. The molecule has 120 valence electrons. The number of aromatic nitrogens is 2. The van der Waals surface area contributed by atoms with Gasteiger partial charge in [-0.05, 0) is 36.4 Å². The molecule has 0 spiro atoms. The van der Waals surface area contributed by atoms with Crippen LogP contribution in [0.5, 0.6) is 11.5 Å². The summed E-state index contributed by atoms with van der Waals surface area (Å²) in [5.74, 6) is 0.0244. The summed E-state index contributed by atoms with van der Waals surface area (Å²) < 4.78 is 7.04. The summed E-state index contributed by atoms with van der Waals surface area (Å²) in [7, 11) is 1.53. The number of rotatable bonds is 4. The van der Waals surface area contributed by atoms with Gasteiger partial charge < -0.3 is 9.84 Å². The average molecular weight is 322 g/mol. The van der Waals surface area contributed by atoms with Gasteiger partial charge >= 0.3 is 5.97 Å². The molecule has 0 fully saturated rings. The predicted molar refractivity (Wildman–Crippen MR) is 88.4 cm³/mol. The van der Waals surface area contributed by atoms with Crippen LogP contribution < -0.4 is 10.3 Å². The quantitative estimate of drug-likeness (QED) is 0.798. The molecule has 0 bridgehead atoms. The molecule has 0 atom stereocenters. The summed E-state index contributed by atoms with van der Waals surface area (Å²) in [4.78, 5) is 22.8. The van der Waals surface area contributed by atoms with Crippen LogP contribution in [-0.4, -0.2) is 20.9 Å². The van der Waals surface area contributed by atoms with Gasteiger partial charge in [0.25, 0.3) is 5.56 Å². The highest BCUT2D eigenvalue weighted by Gasteiger charge is 2.14. The molecule has 0 saturated carbocycles. The first kappa shape index (κ1) is 15.5. The molecule has 0 aliphatic carbocycles. The maximum absolute atomic E-state index is 11.5. The molecule has 0 radical (unpaired) electrons. The van der Waals surface area contributed by atoms with Crippen molar-refractivity contribution in [2.45, 2.75) is 0 Å². The van der Waals surface area contributed by atoms with Gasteiger partial charge in [-0.3, -0.25) is 4.79 Å². The van der Waals surface area contributed by atoms with Gasteiger partial charge in [-0.25, -0.2) is 9.48 Å². The first-order chi connectivity index (χ1) is 11.5. The molecule has 6 nitrogen and oxygen atoms in total. The van der Waals surface area contributed by atoms with Crippen LogP contribution in [0, 0.1) is 0 Å². The minimum Gasteiger partial charge on any atom is -0.478 e. The second-order valence-electron chi connectivity index (χ2n) is 5.11. The molecule has 0 saturated heterocycles. The molecule has 1 aromatic heterocycles. The maximum Gasteiger partial charge on any atom is 0.335 e. The lowest BCUT2D eigenvalue weighted by Crippen LogP contribution is -2.18. The molecule has 0 amide bonds. The van der Waals surface area contributed by atoms with Crippen molar-refractivity contribution in [3.63, 3.8) is 0 Å². The van der Waals surface area contributed by atoms with Crippen LogP contribution in [0.2, 0.25) is 0 Å². The number of para-hydroxylation sites is 1. The van der Waals surface area contributed by atoms with E-state index in [2.05, 4.69) is 5.10 Å². The average Bonchev–Trinajstić information content (AvgIpc) is 2.58. The highest BCUT2D eigenvalue weighted by atomic mass is 16.5. The van der Waals surface area contributed by atoms with Crippen molar-refractivity contribution in [3.05, 3.63) is 76.6 Å². The van der Waals surface area contributed by atoms with Crippen LogP contribution >= 0.6 is 0 Å². The van der Waals surface area contributed by atoms with Crippen LogP contribution in [0.15, 0.2) is 65.5 Å². The van der Waals surface area contributed by atoms with E-state index in [0.29, 0.717) is 22.8 Å². The molecular formula is C18H14N2O4. The SMILES string of the molecule is Cn1nc(-c2cc(C(=O)O)ccc2Oc2ccccc2)ccc1=O. The number of aromatic carboxylic acids is 1. The van der Waals surface area contributed by atoms with Gasteiger partial charge in [-0.2, -0.15) is 5.10 Å². The number of nitrogens with zero attached hydrogens (tertiary/aromatic N) is 2. The van der Waals surface area contributed by atoms with E-state index in [0.717, 1.165) is 0 Å². The van der Waals surface area contributed by atoms with Crippen LogP contribution in [-0.2, 0) is 7.05 Å². The van der Waals surface area contributed by atoms with Crippen LogP contribution in [0.1, 0.15) is 10.4 Å². The zero-order chi connectivity index (χ0) is 17.1. The van der Waals surface area contributed by atoms with Crippen molar-refractivity contribution in [1.29, 1.82) is 0 Å². The monoisotopic (exact) mass is 322 g/mol. The van der Waals surface area contributed by atoms with E-state index >= 15 is 0 Å². The number of hydrogen-bond acceptors (Lipinski definition) is 4. The van der Waals surface area contributed by atoms with E-state index in [1.54, 1.807) is 24.3 Å². The zero-order valence-corrected chi connectivity index (χ0v) is 12.8. The first-order valence-electron chi connectivity index (χ1n) is 7.19. The molecule has 3 aromatic rings. The van der Waals surface area contributed by atoms with Gasteiger partial charge in [-0.1, -0.05) is 18.2 Å². The predicted octanol–water partition coefficient (Wildman–Crippen LogP) is 2.94. The Morgan fingerprint density at radius 3 is 2.50 bits per heavy atom. The van der Waals surface area contributed by atoms with E-state index in [4.69, 9.17) is 4.74 Å². The van der Waals surface area contributed by atoms with Crippen molar-refractivity contribution in [3.8, 4) is 22.8 Å². The third-order valence-corrected chi connectivity index (χ3v) is 3.43.